The van der Waals surface area contributed by atoms with Gasteiger partial charge in [0.05, 0.1) is 6.61 Å². The van der Waals surface area contributed by atoms with Gasteiger partial charge in [0.15, 0.2) is 0 Å². The van der Waals surface area contributed by atoms with Gasteiger partial charge in [-0.1, -0.05) is 33.6 Å². The monoisotopic (exact) mass is 272 g/mol. The summed E-state index contributed by atoms with van der Waals surface area (Å²) in [4.78, 5) is 22.9. The van der Waals surface area contributed by atoms with E-state index in [9.17, 15) is 9.59 Å². The van der Waals surface area contributed by atoms with E-state index in [2.05, 4.69) is 6.92 Å². The van der Waals surface area contributed by atoms with Crippen LogP contribution in [-0.2, 0) is 19.1 Å². The van der Waals surface area contributed by atoms with E-state index in [0.717, 1.165) is 32.1 Å². The predicted octanol–water partition coefficient (Wildman–Crippen LogP) is 3.62. The minimum absolute atomic E-state index is 0.0222. The maximum Gasteiger partial charge on any atom is 0.306 e. The first kappa shape index (κ1) is 17.9. The average Bonchev–Trinajstić information content (AvgIpc) is 2.38. The van der Waals surface area contributed by atoms with E-state index >= 15 is 0 Å². The van der Waals surface area contributed by atoms with Crippen molar-refractivity contribution in [2.75, 3.05) is 6.61 Å². The molecule has 0 amide bonds. The van der Waals surface area contributed by atoms with Crippen molar-refractivity contribution < 1.29 is 19.1 Å². The molecule has 0 saturated carbocycles. The minimum atomic E-state index is -0.221. The van der Waals surface area contributed by atoms with Crippen LogP contribution in [0.2, 0.25) is 0 Å². The molecule has 0 fully saturated rings. The molecule has 4 nitrogen and oxygen atoms in total. The number of rotatable bonds is 11. The van der Waals surface area contributed by atoms with E-state index in [0.29, 0.717) is 25.9 Å². The third kappa shape index (κ3) is 10.5. The van der Waals surface area contributed by atoms with Gasteiger partial charge in [0.2, 0.25) is 0 Å². The number of carbonyl (C=O) groups excluding carboxylic acids is 2. The Kier molecular flexibility index (Phi) is 11.3. The van der Waals surface area contributed by atoms with E-state index < -0.39 is 0 Å². The van der Waals surface area contributed by atoms with E-state index in [1.54, 1.807) is 0 Å². The van der Waals surface area contributed by atoms with Gasteiger partial charge in [0.25, 0.3) is 0 Å². The van der Waals surface area contributed by atoms with Gasteiger partial charge in [0, 0.05) is 12.8 Å². The predicted molar refractivity (Wildman–Crippen MR) is 74.8 cm³/mol. The van der Waals surface area contributed by atoms with Gasteiger partial charge < -0.3 is 9.47 Å². The van der Waals surface area contributed by atoms with Crippen molar-refractivity contribution in [1.82, 2.24) is 0 Å². The van der Waals surface area contributed by atoms with Gasteiger partial charge in [-0.15, -0.1) is 0 Å². The molecule has 0 aromatic carbocycles. The Hall–Kier alpha value is -1.06. The van der Waals surface area contributed by atoms with Crippen LogP contribution in [-0.4, -0.2) is 24.6 Å². The first-order valence-corrected chi connectivity index (χ1v) is 7.49. The van der Waals surface area contributed by atoms with Crippen molar-refractivity contribution in [2.24, 2.45) is 0 Å². The van der Waals surface area contributed by atoms with Crippen molar-refractivity contribution in [3.8, 4) is 0 Å². The Bertz CT molecular complexity index is 251. The van der Waals surface area contributed by atoms with E-state index in [1.165, 1.54) is 0 Å². The number of hydrogen-bond acceptors (Lipinski definition) is 4. The molecule has 1 atom stereocenters. The summed E-state index contributed by atoms with van der Waals surface area (Å²) in [7, 11) is 0. The fourth-order valence-electron chi connectivity index (χ4n) is 1.69. The molecule has 0 rings (SSSR count). The van der Waals surface area contributed by atoms with Crippen molar-refractivity contribution >= 4 is 11.9 Å². The van der Waals surface area contributed by atoms with E-state index in [4.69, 9.17) is 9.47 Å². The smallest absolute Gasteiger partial charge is 0.306 e. The van der Waals surface area contributed by atoms with Crippen molar-refractivity contribution in [3.63, 3.8) is 0 Å². The maximum absolute atomic E-state index is 11.6. The number of hydrogen-bond donors (Lipinski definition) is 0. The standard InChI is InChI=1S/C15H28O4/c1-4-7-12-18-14(16)10-8-11-15(17)19-13(6-3)9-5-2/h13H,4-12H2,1-3H3. The minimum Gasteiger partial charge on any atom is -0.466 e. The molecule has 19 heavy (non-hydrogen) atoms. The SMILES string of the molecule is CCCCOC(=O)CCCC(=O)OC(CC)CCC. The van der Waals surface area contributed by atoms with Gasteiger partial charge in [0.1, 0.15) is 6.10 Å². The fraction of sp³-hybridized carbons (Fsp3) is 0.867. The van der Waals surface area contributed by atoms with Crippen LogP contribution in [0.15, 0.2) is 0 Å². The summed E-state index contributed by atoms with van der Waals surface area (Å²) in [6.07, 6.45) is 5.78. The highest BCUT2D eigenvalue weighted by Crippen LogP contribution is 2.09. The zero-order valence-electron chi connectivity index (χ0n) is 12.6. The van der Waals surface area contributed by atoms with Crippen LogP contribution < -0.4 is 0 Å². The summed E-state index contributed by atoms with van der Waals surface area (Å²) in [5.74, 6) is -0.427. The lowest BCUT2D eigenvalue weighted by atomic mass is 10.1. The third-order valence-corrected chi connectivity index (χ3v) is 2.89. The molecule has 0 aliphatic carbocycles. The summed E-state index contributed by atoms with van der Waals surface area (Å²) < 4.78 is 10.3. The summed E-state index contributed by atoms with van der Waals surface area (Å²) in [6, 6.07) is 0. The second kappa shape index (κ2) is 12.0. The van der Waals surface area contributed by atoms with Gasteiger partial charge in [-0.3, -0.25) is 9.59 Å². The quantitative estimate of drug-likeness (QED) is 0.426. The Morgan fingerprint density at radius 3 is 2.21 bits per heavy atom. The zero-order chi connectivity index (χ0) is 14.5. The molecule has 0 aliphatic heterocycles. The highest BCUT2D eigenvalue weighted by Gasteiger charge is 2.12. The van der Waals surface area contributed by atoms with E-state index in [1.807, 2.05) is 13.8 Å². The van der Waals surface area contributed by atoms with Crippen molar-refractivity contribution in [2.45, 2.75) is 78.2 Å². The number of ether oxygens (including phenoxy) is 2. The number of esters is 2. The Morgan fingerprint density at radius 2 is 1.63 bits per heavy atom. The molecule has 0 aromatic heterocycles. The summed E-state index contributed by atoms with van der Waals surface area (Å²) in [6.45, 7) is 6.61. The Balaban J connectivity index is 3.64. The first-order chi connectivity index (χ1) is 9.13. The van der Waals surface area contributed by atoms with Crippen LogP contribution in [0.5, 0.6) is 0 Å². The van der Waals surface area contributed by atoms with Crippen LogP contribution in [0.1, 0.15) is 72.1 Å². The summed E-state index contributed by atoms with van der Waals surface area (Å²) >= 11 is 0. The molecular formula is C15H28O4. The van der Waals surface area contributed by atoms with Crippen molar-refractivity contribution in [3.05, 3.63) is 0 Å². The van der Waals surface area contributed by atoms with Gasteiger partial charge >= 0.3 is 11.9 Å². The molecule has 0 heterocycles. The first-order valence-electron chi connectivity index (χ1n) is 7.49. The van der Waals surface area contributed by atoms with Gasteiger partial charge in [-0.05, 0) is 25.7 Å². The Labute approximate surface area is 116 Å². The normalized spacial score (nSPS) is 11.9. The highest BCUT2D eigenvalue weighted by atomic mass is 16.5. The number of carbonyl (C=O) groups is 2. The second-order valence-corrected chi connectivity index (χ2v) is 4.74. The molecule has 0 N–H and O–H groups in total. The molecule has 0 spiro atoms. The molecule has 4 heteroatoms. The lowest BCUT2D eigenvalue weighted by Gasteiger charge is -2.15. The third-order valence-electron chi connectivity index (χ3n) is 2.89. The molecule has 0 bridgehead atoms. The van der Waals surface area contributed by atoms with Crippen LogP contribution in [0, 0.1) is 0 Å². The zero-order valence-corrected chi connectivity index (χ0v) is 12.6. The summed E-state index contributed by atoms with van der Waals surface area (Å²) in [5.41, 5.74) is 0. The summed E-state index contributed by atoms with van der Waals surface area (Å²) in [5, 5.41) is 0. The molecule has 112 valence electrons. The lowest BCUT2D eigenvalue weighted by Crippen LogP contribution is -2.17. The maximum atomic E-state index is 11.6. The second-order valence-electron chi connectivity index (χ2n) is 4.74. The Morgan fingerprint density at radius 1 is 0.947 bits per heavy atom. The van der Waals surface area contributed by atoms with Crippen molar-refractivity contribution in [1.29, 1.82) is 0 Å². The highest BCUT2D eigenvalue weighted by molar-refractivity contribution is 5.72. The molecule has 0 saturated heterocycles. The topological polar surface area (TPSA) is 52.6 Å². The van der Waals surface area contributed by atoms with Crippen LogP contribution in [0.4, 0.5) is 0 Å². The molecular weight excluding hydrogens is 244 g/mol. The van der Waals surface area contributed by atoms with Crippen LogP contribution in [0.3, 0.4) is 0 Å². The fourth-order valence-corrected chi connectivity index (χ4v) is 1.69. The molecule has 1 unspecified atom stereocenters. The van der Waals surface area contributed by atoms with Crippen LogP contribution >= 0.6 is 0 Å². The van der Waals surface area contributed by atoms with E-state index in [-0.39, 0.29) is 18.0 Å². The molecule has 0 aromatic rings. The average molecular weight is 272 g/mol. The number of unbranched alkanes of at least 4 members (excludes halogenated alkanes) is 1. The lowest BCUT2D eigenvalue weighted by molar-refractivity contribution is -0.150. The van der Waals surface area contributed by atoms with Gasteiger partial charge in [-0.2, -0.15) is 0 Å². The molecule has 0 aliphatic rings. The largest absolute Gasteiger partial charge is 0.466 e. The van der Waals surface area contributed by atoms with Crippen LogP contribution in [0.25, 0.3) is 0 Å². The molecule has 0 radical (unpaired) electrons. The van der Waals surface area contributed by atoms with Gasteiger partial charge in [-0.25, -0.2) is 0 Å².